The summed E-state index contributed by atoms with van der Waals surface area (Å²) in [7, 11) is 0. The highest BCUT2D eigenvalue weighted by molar-refractivity contribution is 9.09. The standard InChI is InChI=1S/C8H9Br.C6H6/c9-7-6-8-4-2-1-3-5-8;1-2-4-6-5-3-1/h1-5H,6-7H2;1-6H. The summed E-state index contributed by atoms with van der Waals surface area (Å²) in [5.41, 5.74) is 1.40. The van der Waals surface area contributed by atoms with Gasteiger partial charge in [-0.25, -0.2) is 0 Å². The van der Waals surface area contributed by atoms with E-state index in [4.69, 9.17) is 0 Å². The van der Waals surface area contributed by atoms with E-state index in [1.807, 2.05) is 42.5 Å². The summed E-state index contributed by atoms with van der Waals surface area (Å²) in [5, 5.41) is 1.05. The molecule has 0 heterocycles. The van der Waals surface area contributed by atoms with Crippen molar-refractivity contribution < 1.29 is 0 Å². The van der Waals surface area contributed by atoms with Gasteiger partial charge in [0.2, 0.25) is 0 Å². The van der Waals surface area contributed by atoms with Gasteiger partial charge in [-0.15, -0.1) is 0 Å². The average Bonchev–Trinajstić information content (AvgIpc) is 2.34. The molecule has 0 aliphatic rings. The van der Waals surface area contributed by atoms with Crippen LogP contribution in [0.15, 0.2) is 66.7 Å². The van der Waals surface area contributed by atoms with Crippen molar-refractivity contribution in [2.24, 2.45) is 0 Å². The maximum absolute atomic E-state index is 3.39. The van der Waals surface area contributed by atoms with Gasteiger partial charge in [-0.1, -0.05) is 82.7 Å². The van der Waals surface area contributed by atoms with Crippen LogP contribution < -0.4 is 0 Å². The molecule has 0 fully saturated rings. The minimum absolute atomic E-state index is 1.05. The molecular weight excluding hydrogens is 248 g/mol. The number of aryl methyl sites for hydroxylation is 1. The topological polar surface area (TPSA) is 0 Å². The fourth-order valence-electron chi connectivity index (χ4n) is 1.14. The number of hydrogen-bond acceptors (Lipinski definition) is 0. The van der Waals surface area contributed by atoms with Gasteiger partial charge in [0.25, 0.3) is 0 Å². The number of benzene rings is 2. The second-order valence-corrected chi connectivity index (χ2v) is 3.87. The second kappa shape index (κ2) is 8.25. The van der Waals surface area contributed by atoms with Crippen LogP contribution in [0, 0.1) is 0 Å². The van der Waals surface area contributed by atoms with Crippen molar-refractivity contribution in [3.63, 3.8) is 0 Å². The van der Waals surface area contributed by atoms with Gasteiger partial charge in [-0.3, -0.25) is 0 Å². The lowest BCUT2D eigenvalue weighted by Gasteiger charge is -1.92. The highest BCUT2D eigenvalue weighted by atomic mass is 79.9. The van der Waals surface area contributed by atoms with E-state index in [2.05, 4.69) is 40.2 Å². The zero-order valence-corrected chi connectivity index (χ0v) is 10.2. The maximum atomic E-state index is 3.39. The Balaban J connectivity index is 0.000000162. The van der Waals surface area contributed by atoms with Crippen molar-refractivity contribution in [3.8, 4) is 0 Å². The van der Waals surface area contributed by atoms with E-state index in [9.17, 15) is 0 Å². The highest BCUT2D eigenvalue weighted by Crippen LogP contribution is 2.00. The van der Waals surface area contributed by atoms with Gasteiger partial charge in [-0.2, -0.15) is 0 Å². The minimum atomic E-state index is 1.05. The lowest BCUT2D eigenvalue weighted by molar-refractivity contribution is 1.17. The molecule has 2 aromatic rings. The molecular formula is C14H15Br. The van der Waals surface area contributed by atoms with Gasteiger partial charge < -0.3 is 0 Å². The van der Waals surface area contributed by atoms with E-state index in [0.717, 1.165) is 11.8 Å². The first kappa shape index (κ1) is 12.0. The molecule has 2 aromatic carbocycles. The van der Waals surface area contributed by atoms with Crippen LogP contribution >= 0.6 is 15.9 Å². The van der Waals surface area contributed by atoms with E-state index in [0.29, 0.717) is 0 Å². The normalized spacial score (nSPS) is 8.87. The zero-order valence-electron chi connectivity index (χ0n) is 8.64. The molecule has 1 heteroatoms. The van der Waals surface area contributed by atoms with Crippen LogP contribution in [-0.2, 0) is 6.42 Å². The number of hydrogen-bond donors (Lipinski definition) is 0. The summed E-state index contributed by atoms with van der Waals surface area (Å²) in [6.07, 6.45) is 1.13. The van der Waals surface area contributed by atoms with Crippen molar-refractivity contribution in [3.05, 3.63) is 72.3 Å². The lowest BCUT2D eigenvalue weighted by atomic mass is 10.2. The Bertz CT molecular complexity index is 302. The van der Waals surface area contributed by atoms with E-state index < -0.39 is 0 Å². The van der Waals surface area contributed by atoms with Crippen LogP contribution in [0.5, 0.6) is 0 Å². The largest absolute Gasteiger partial charge is 0.0924 e. The first-order chi connectivity index (χ1) is 7.43. The Morgan fingerprint density at radius 1 is 0.667 bits per heavy atom. The van der Waals surface area contributed by atoms with Crippen molar-refractivity contribution in [2.75, 3.05) is 5.33 Å². The molecule has 0 nitrogen and oxygen atoms in total. The van der Waals surface area contributed by atoms with Crippen LogP contribution in [0.25, 0.3) is 0 Å². The van der Waals surface area contributed by atoms with Gasteiger partial charge >= 0.3 is 0 Å². The fourth-order valence-corrected chi connectivity index (χ4v) is 1.60. The van der Waals surface area contributed by atoms with Crippen molar-refractivity contribution in [1.29, 1.82) is 0 Å². The van der Waals surface area contributed by atoms with Crippen molar-refractivity contribution >= 4 is 15.9 Å². The molecule has 0 aromatic heterocycles. The number of halogens is 1. The Kier molecular flexibility index (Phi) is 6.59. The summed E-state index contributed by atoms with van der Waals surface area (Å²) in [6, 6.07) is 22.5. The highest BCUT2D eigenvalue weighted by Gasteiger charge is 1.85. The lowest BCUT2D eigenvalue weighted by Crippen LogP contribution is -1.82. The van der Waals surface area contributed by atoms with Crippen molar-refractivity contribution in [1.82, 2.24) is 0 Å². The number of alkyl halides is 1. The monoisotopic (exact) mass is 262 g/mol. The first-order valence-corrected chi connectivity index (χ1v) is 6.15. The van der Waals surface area contributed by atoms with Gasteiger partial charge in [-0.05, 0) is 12.0 Å². The van der Waals surface area contributed by atoms with Crippen LogP contribution in [0.1, 0.15) is 5.56 Å². The molecule has 0 aliphatic heterocycles. The molecule has 0 atom stereocenters. The molecule has 2 rings (SSSR count). The molecule has 0 aliphatic carbocycles. The molecule has 0 bridgehead atoms. The van der Waals surface area contributed by atoms with E-state index >= 15 is 0 Å². The van der Waals surface area contributed by atoms with E-state index in [1.165, 1.54) is 5.56 Å². The fraction of sp³-hybridized carbons (Fsp3) is 0.143. The summed E-state index contributed by atoms with van der Waals surface area (Å²) >= 11 is 3.39. The minimum Gasteiger partial charge on any atom is -0.0924 e. The third-order valence-corrected chi connectivity index (χ3v) is 2.29. The summed E-state index contributed by atoms with van der Waals surface area (Å²) in [6.45, 7) is 0. The first-order valence-electron chi connectivity index (χ1n) is 5.03. The maximum Gasteiger partial charge on any atom is 0.00718 e. The Labute approximate surface area is 100 Å². The molecule has 0 spiro atoms. The van der Waals surface area contributed by atoms with E-state index in [-0.39, 0.29) is 0 Å². The van der Waals surface area contributed by atoms with Crippen LogP contribution in [0.3, 0.4) is 0 Å². The quantitative estimate of drug-likeness (QED) is 0.708. The smallest absolute Gasteiger partial charge is 0.00718 e. The summed E-state index contributed by atoms with van der Waals surface area (Å²) in [5.74, 6) is 0. The van der Waals surface area contributed by atoms with Gasteiger partial charge in [0, 0.05) is 5.33 Å². The molecule has 0 saturated carbocycles. The van der Waals surface area contributed by atoms with Crippen LogP contribution in [0.2, 0.25) is 0 Å². The van der Waals surface area contributed by atoms with Gasteiger partial charge in [0.15, 0.2) is 0 Å². The van der Waals surface area contributed by atoms with Crippen molar-refractivity contribution in [2.45, 2.75) is 6.42 Å². The third-order valence-electron chi connectivity index (χ3n) is 1.89. The Morgan fingerprint density at radius 2 is 1.07 bits per heavy atom. The van der Waals surface area contributed by atoms with Crippen LogP contribution in [0.4, 0.5) is 0 Å². The number of rotatable bonds is 2. The summed E-state index contributed by atoms with van der Waals surface area (Å²) < 4.78 is 0. The molecule has 0 amide bonds. The Hall–Kier alpha value is -1.08. The molecule has 78 valence electrons. The molecule has 15 heavy (non-hydrogen) atoms. The second-order valence-electron chi connectivity index (χ2n) is 3.08. The molecule has 0 N–H and O–H groups in total. The Morgan fingerprint density at radius 3 is 1.47 bits per heavy atom. The van der Waals surface area contributed by atoms with Gasteiger partial charge in [0.05, 0.1) is 0 Å². The third kappa shape index (κ3) is 6.08. The molecule has 0 unspecified atom stereocenters. The van der Waals surface area contributed by atoms with E-state index in [1.54, 1.807) is 0 Å². The molecule has 0 saturated heterocycles. The molecule has 0 radical (unpaired) electrons. The van der Waals surface area contributed by atoms with Gasteiger partial charge in [0.1, 0.15) is 0 Å². The SMILES string of the molecule is BrCCc1ccccc1.c1ccccc1. The zero-order chi connectivity index (χ0) is 10.8. The predicted molar refractivity (Wildman–Crippen MR) is 70.4 cm³/mol. The predicted octanol–water partition coefficient (Wildman–Crippen LogP) is 4.31. The summed E-state index contributed by atoms with van der Waals surface area (Å²) in [4.78, 5) is 0. The van der Waals surface area contributed by atoms with Crippen LogP contribution in [-0.4, -0.2) is 5.33 Å². The average molecular weight is 263 g/mol.